The molecule has 1 amide bonds. The number of fused-ring (bicyclic) bond motifs is 1. The number of carbonyl (C=O) groups excluding carboxylic acids is 1. The van der Waals surface area contributed by atoms with Crippen LogP contribution in [0.25, 0.3) is 21.3 Å². The van der Waals surface area contributed by atoms with E-state index in [1.165, 1.54) is 20.9 Å². The maximum Gasteiger partial charge on any atom is 0.239 e. The number of methoxy groups -OCH3 is 2. The van der Waals surface area contributed by atoms with Crippen LogP contribution in [0.15, 0.2) is 48.5 Å². The van der Waals surface area contributed by atoms with Crippen molar-refractivity contribution >= 4 is 34.0 Å². The molecule has 0 radical (unpaired) electrons. The molecule has 8 nitrogen and oxygen atoms in total. The standard InChI is InChI=1S/C29H33N5O3S/c1-17(31-28-21-14-24(36-4)25(37-5)15-23(21)32-18(2)33-28)26-10-11-27(38-26)20-9-7-6-8-19(20)16-30-22-12-13-34(3)29(22)35/h6-11,14-15,17,22,30H,12-13,16H2,1-5H3,(H,31,32,33)/t17?,22-/m0/s1. The summed E-state index contributed by atoms with van der Waals surface area (Å²) < 4.78 is 11.0. The summed E-state index contributed by atoms with van der Waals surface area (Å²) in [5.41, 5.74) is 3.16. The first-order chi connectivity index (χ1) is 18.4. The number of benzene rings is 2. The molecule has 0 bridgehead atoms. The summed E-state index contributed by atoms with van der Waals surface area (Å²) in [5.74, 6) is 2.88. The lowest BCUT2D eigenvalue weighted by molar-refractivity contribution is -0.128. The molecule has 4 aromatic rings. The average Bonchev–Trinajstić information content (AvgIpc) is 3.54. The Morgan fingerprint density at radius 2 is 1.87 bits per heavy atom. The van der Waals surface area contributed by atoms with E-state index in [1.54, 1.807) is 30.5 Å². The molecule has 5 rings (SSSR count). The first-order valence-corrected chi connectivity index (χ1v) is 13.5. The minimum Gasteiger partial charge on any atom is -0.493 e. The Labute approximate surface area is 227 Å². The van der Waals surface area contributed by atoms with Gasteiger partial charge in [-0.25, -0.2) is 9.97 Å². The first-order valence-electron chi connectivity index (χ1n) is 12.7. The fraction of sp³-hybridized carbons (Fsp3) is 0.345. The van der Waals surface area contributed by atoms with Gasteiger partial charge in [0.1, 0.15) is 11.6 Å². The summed E-state index contributed by atoms with van der Waals surface area (Å²) in [6, 6.07) is 16.4. The highest BCUT2D eigenvalue weighted by atomic mass is 32.1. The number of carbonyl (C=O) groups is 1. The fourth-order valence-corrected chi connectivity index (χ4v) is 5.92. The molecule has 2 aromatic heterocycles. The van der Waals surface area contributed by atoms with Gasteiger partial charge in [0.05, 0.1) is 31.8 Å². The van der Waals surface area contributed by atoms with Crippen molar-refractivity contribution in [2.24, 2.45) is 0 Å². The Balaban J connectivity index is 1.37. The number of amides is 1. The van der Waals surface area contributed by atoms with Crippen molar-refractivity contribution in [2.75, 3.05) is 33.1 Å². The molecular formula is C29H33N5O3S. The smallest absolute Gasteiger partial charge is 0.239 e. The maximum atomic E-state index is 12.3. The van der Waals surface area contributed by atoms with Gasteiger partial charge < -0.3 is 25.0 Å². The van der Waals surface area contributed by atoms with Crippen molar-refractivity contribution in [2.45, 2.75) is 38.9 Å². The number of ether oxygens (including phenoxy) is 2. The largest absolute Gasteiger partial charge is 0.493 e. The number of aryl methyl sites for hydroxylation is 1. The van der Waals surface area contributed by atoms with Crippen molar-refractivity contribution in [3.05, 3.63) is 64.8 Å². The highest BCUT2D eigenvalue weighted by molar-refractivity contribution is 7.15. The minimum atomic E-state index is -0.110. The summed E-state index contributed by atoms with van der Waals surface area (Å²) in [7, 11) is 5.10. The van der Waals surface area contributed by atoms with Crippen molar-refractivity contribution in [1.82, 2.24) is 20.2 Å². The van der Waals surface area contributed by atoms with Crippen molar-refractivity contribution < 1.29 is 14.3 Å². The normalized spacial score (nSPS) is 16.2. The predicted molar refractivity (Wildman–Crippen MR) is 152 cm³/mol. The van der Waals surface area contributed by atoms with E-state index in [4.69, 9.17) is 14.5 Å². The molecule has 2 atom stereocenters. The molecule has 1 unspecified atom stereocenters. The molecule has 2 aromatic carbocycles. The highest BCUT2D eigenvalue weighted by Gasteiger charge is 2.28. The number of rotatable bonds is 9. The van der Waals surface area contributed by atoms with Gasteiger partial charge in [-0.1, -0.05) is 24.3 Å². The Kier molecular flexibility index (Phi) is 7.49. The number of nitrogens with one attached hydrogen (secondary N) is 2. The number of thiophene rings is 1. The third kappa shape index (κ3) is 5.16. The van der Waals surface area contributed by atoms with Gasteiger partial charge in [0.15, 0.2) is 11.5 Å². The SMILES string of the molecule is COc1cc2nc(C)nc(NC(C)c3ccc(-c4ccccc4CN[C@H]4CCN(C)C4=O)s3)c2cc1OC. The van der Waals surface area contributed by atoms with Gasteiger partial charge in [-0.3, -0.25) is 4.79 Å². The van der Waals surface area contributed by atoms with E-state index in [9.17, 15) is 4.79 Å². The molecule has 1 aliphatic heterocycles. The summed E-state index contributed by atoms with van der Waals surface area (Å²) in [6.07, 6.45) is 0.847. The van der Waals surface area contributed by atoms with Crippen molar-refractivity contribution in [1.29, 1.82) is 0 Å². The van der Waals surface area contributed by atoms with E-state index in [2.05, 4.69) is 52.9 Å². The van der Waals surface area contributed by atoms with Crippen LogP contribution in [0.4, 0.5) is 5.82 Å². The fourth-order valence-electron chi connectivity index (χ4n) is 4.85. The zero-order valence-electron chi connectivity index (χ0n) is 22.4. The van der Waals surface area contributed by atoms with Crippen LogP contribution in [0.1, 0.15) is 35.7 Å². The molecule has 1 aliphatic rings. The number of hydrogen-bond acceptors (Lipinski definition) is 8. The number of hydrogen-bond donors (Lipinski definition) is 2. The summed E-state index contributed by atoms with van der Waals surface area (Å²) in [6.45, 7) is 5.48. The van der Waals surface area contributed by atoms with Crippen LogP contribution in [0.2, 0.25) is 0 Å². The second-order valence-electron chi connectivity index (χ2n) is 9.55. The Morgan fingerprint density at radius 3 is 2.61 bits per heavy atom. The lowest BCUT2D eigenvalue weighted by Crippen LogP contribution is -2.36. The van der Waals surface area contributed by atoms with Crippen molar-refractivity contribution in [3.63, 3.8) is 0 Å². The maximum absolute atomic E-state index is 12.3. The Hall–Kier alpha value is -3.69. The topological polar surface area (TPSA) is 88.6 Å². The molecule has 0 spiro atoms. The summed E-state index contributed by atoms with van der Waals surface area (Å²) >= 11 is 1.76. The van der Waals surface area contributed by atoms with Gasteiger partial charge in [-0.15, -0.1) is 11.3 Å². The number of likely N-dealkylation sites (N-methyl/N-ethyl adjacent to an activating group) is 1. The number of nitrogens with zero attached hydrogens (tertiary/aromatic N) is 3. The molecule has 2 N–H and O–H groups in total. The third-order valence-electron chi connectivity index (χ3n) is 6.97. The predicted octanol–water partition coefficient (Wildman–Crippen LogP) is 5.18. The number of likely N-dealkylation sites (tertiary alicyclic amines) is 1. The molecule has 38 heavy (non-hydrogen) atoms. The molecule has 0 aliphatic carbocycles. The zero-order valence-corrected chi connectivity index (χ0v) is 23.2. The van der Waals surface area contributed by atoms with Crippen LogP contribution in [0.3, 0.4) is 0 Å². The van der Waals surface area contributed by atoms with E-state index >= 15 is 0 Å². The van der Waals surface area contributed by atoms with Crippen LogP contribution in [0.5, 0.6) is 11.5 Å². The van der Waals surface area contributed by atoms with E-state index < -0.39 is 0 Å². The molecular weight excluding hydrogens is 498 g/mol. The molecule has 3 heterocycles. The molecule has 1 fully saturated rings. The van der Waals surface area contributed by atoms with E-state index in [-0.39, 0.29) is 18.0 Å². The second-order valence-corrected chi connectivity index (χ2v) is 10.7. The van der Waals surface area contributed by atoms with Crippen LogP contribution in [-0.4, -0.2) is 54.6 Å². The monoisotopic (exact) mass is 531 g/mol. The number of anilines is 1. The molecule has 1 saturated heterocycles. The minimum absolute atomic E-state index is 0.0243. The molecule has 9 heteroatoms. The van der Waals surface area contributed by atoms with Crippen LogP contribution < -0.4 is 20.1 Å². The van der Waals surface area contributed by atoms with Gasteiger partial charge >= 0.3 is 0 Å². The first kappa shape index (κ1) is 25.9. The quantitative estimate of drug-likeness (QED) is 0.308. The summed E-state index contributed by atoms with van der Waals surface area (Å²) in [4.78, 5) is 25.8. The molecule has 198 valence electrons. The lowest BCUT2D eigenvalue weighted by Gasteiger charge is -2.17. The van der Waals surface area contributed by atoms with Crippen LogP contribution in [-0.2, 0) is 11.3 Å². The number of aromatic nitrogens is 2. The van der Waals surface area contributed by atoms with Gasteiger partial charge in [0, 0.05) is 41.3 Å². The summed E-state index contributed by atoms with van der Waals surface area (Å²) in [5, 5.41) is 7.92. The molecule has 0 saturated carbocycles. The van der Waals surface area contributed by atoms with Crippen LogP contribution >= 0.6 is 11.3 Å². The van der Waals surface area contributed by atoms with Crippen LogP contribution in [0, 0.1) is 6.92 Å². The van der Waals surface area contributed by atoms with Gasteiger partial charge in [-0.05, 0) is 49.6 Å². The average molecular weight is 532 g/mol. The van der Waals surface area contributed by atoms with Gasteiger partial charge in [0.25, 0.3) is 0 Å². The third-order valence-corrected chi connectivity index (χ3v) is 8.27. The highest BCUT2D eigenvalue weighted by Crippen LogP contribution is 2.37. The zero-order chi connectivity index (χ0) is 26.8. The lowest BCUT2D eigenvalue weighted by atomic mass is 10.1. The van der Waals surface area contributed by atoms with E-state index in [1.807, 2.05) is 32.2 Å². The van der Waals surface area contributed by atoms with Crippen molar-refractivity contribution in [3.8, 4) is 21.9 Å². The van der Waals surface area contributed by atoms with Gasteiger partial charge in [0.2, 0.25) is 5.91 Å². The van der Waals surface area contributed by atoms with Gasteiger partial charge in [-0.2, -0.15) is 0 Å². The van der Waals surface area contributed by atoms with E-state index in [0.717, 1.165) is 29.7 Å². The Bertz CT molecular complexity index is 1470. The van der Waals surface area contributed by atoms with E-state index in [0.29, 0.717) is 23.9 Å². The Morgan fingerprint density at radius 1 is 1.11 bits per heavy atom. The second kappa shape index (κ2) is 11.0.